The average Bonchev–Trinajstić information content (AvgIpc) is 2.93. The average molecular weight is 361 g/mol. The minimum absolute atomic E-state index is 0.0579. The minimum Gasteiger partial charge on any atom is -0.326 e. The van der Waals surface area contributed by atoms with Gasteiger partial charge in [-0.3, -0.25) is 9.59 Å². The predicted octanol–water partition coefficient (Wildman–Crippen LogP) is 4.09. The van der Waals surface area contributed by atoms with E-state index < -0.39 is 11.7 Å². The Kier molecular flexibility index (Phi) is 4.77. The lowest BCUT2D eigenvalue weighted by Crippen LogP contribution is -2.29. The maximum absolute atomic E-state index is 13.2. The second kappa shape index (κ2) is 6.84. The fraction of sp³-hybridized carbons (Fsp3) is 0.263. The van der Waals surface area contributed by atoms with Gasteiger partial charge in [-0.15, -0.1) is 0 Å². The molecule has 1 saturated heterocycles. The first-order chi connectivity index (χ1) is 11.9. The molecule has 0 bridgehead atoms. The first kappa shape index (κ1) is 17.4. The number of amides is 2. The van der Waals surface area contributed by atoms with E-state index >= 15 is 0 Å². The quantitative estimate of drug-likeness (QED) is 0.896. The summed E-state index contributed by atoms with van der Waals surface area (Å²) in [7, 11) is 0. The lowest BCUT2D eigenvalue weighted by molar-refractivity contribution is -0.122. The molecule has 1 heterocycles. The first-order valence-electron chi connectivity index (χ1n) is 7.99. The Bertz CT molecular complexity index is 833. The highest BCUT2D eigenvalue weighted by Gasteiger charge is 2.36. The molecule has 1 unspecified atom stereocenters. The Morgan fingerprint density at radius 2 is 1.92 bits per heavy atom. The van der Waals surface area contributed by atoms with Gasteiger partial charge in [0, 0.05) is 24.3 Å². The number of rotatable bonds is 3. The molecule has 2 amide bonds. The van der Waals surface area contributed by atoms with Crippen LogP contribution in [0.4, 0.5) is 15.8 Å². The van der Waals surface area contributed by atoms with Crippen LogP contribution < -0.4 is 10.2 Å². The summed E-state index contributed by atoms with van der Waals surface area (Å²) in [6.45, 7) is 4.22. The Labute approximate surface area is 150 Å². The summed E-state index contributed by atoms with van der Waals surface area (Å²) >= 11 is 5.73. The van der Waals surface area contributed by atoms with E-state index in [1.54, 1.807) is 4.90 Å². The van der Waals surface area contributed by atoms with Crippen molar-refractivity contribution in [3.05, 3.63) is 58.4 Å². The number of aryl methyl sites for hydroxylation is 2. The van der Waals surface area contributed by atoms with Gasteiger partial charge < -0.3 is 10.2 Å². The molecule has 4 nitrogen and oxygen atoms in total. The number of nitrogens with zero attached hydrogens (tertiary/aromatic N) is 1. The maximum atomic E-state index is 13.2. The zero-order valence-electron chi connectivity index (χ0n) is 14.0. The second-order valence-corrected chi connectivity index (χ2v) is 6.67. The van der Waals surface area contributed by atoms with Crippen molar-refractivity contribution in [2.24, 2.45) is 5.92 Å². The van der Waals surface area contributed by atoms with Gasteiger partial charge >= 0.3 is 0 Å². The van der Waals surface area contributed by atoms with Gasteiger partial charge in [-0.25, -0.2) is 4.39 Å². The molecule has 1 aliphatic rings. The van der Waals surface area contributed by atoms with Crippen molar-refractivity contribution in [1.82, 2.24) is 0 Å². The summed E-state index contributed by atoms with van der Waals surface area (Å²) in [4.78, 5) is 26.6. The Hall–Kier alpha value is -2.40. The molecule has 1 atom stereocenters. The number of para-hydroxylation sites is 1. The highest BCUT2D eigenvalue weighted by molar-refractivity contribution is 6.31. The van der Waals surface area contributed by atoms with E-state index in [0.717, 1.165) is 16.8 Å². The highest BCUT2D eigenvalue weighted by Crippen LogP contribution is 2.31. The topological polar surface area (TPSA) is 49.4 Å². The predicted molar refractivity (Wildman–Crippen MR) is 96.4 cm³/mol. The summed E-state index contributed by atoms with van der Waals surface area (Å²) in [5, 5.41) is 2.65. The van der Waals surface area contributed by atoms with Crippen LogP contribution >= 0.6 is 11.6 Å². The molecule has 1 aliphatic heterocycles. The number of nitrogens with one attached hydrogen (secondary N) is 1. The fourth-order valence-corrected chi connectivity index (χ4v) is 3.33. The van der Waals surface area contributed by atoms with Crippen LogP contribution in [0.2, 0.25) is 5.02 Å². The van der Waals surface area contributed by atoms with Crippen LogP contribution in [0.15, 0.2) is 36.4 Å². The van der Waals surface area contributed by atoms with Crippen LogP contribution in [-0.4, -0.2) is 18.4 Å². The molecule has 6 heteroatoms. The molecule has 3 rings (SSSR count). The lowest BCUT2D eigenvalue weighted by Gasteiger charge is -2.21. The molecule has 2 aromatic carbocycles. The summed E-state index contributed by atoms with van der Waals surface area (Å²) in [5.74, 6) is -1.35. The van der Waals surface area contributed by atoms with E-state index in [-0.39, 0.29) is 23.3 Å². The fourth-order valence-electron chi connectivity index (χ4n) is 3.15. The Balaban J connectivity index is 1.75. The SMILES string of the molecule is Cc1cccc(C)c1N1CC(C(=O)Nc2ccc(F)c(Cl)c2)CC1=O. The van der Waals surface area contributed by atoms with Crippen LogP contribution in [0.3, 0.4) is 0 Å². The van der Waals surface area contributed by atoms with E-state index in [1.807, 2.05) is 32.0 Å². The molecule has 0 aliphatic carbocycles. The Morgan fingerprint density at radius 3 is 2.56 bits per heavy atom. The molecule has 1 N–H and O–H groups in total. The molecule has 1 fully saturated rings. The number of halogens is 2. The number of carbonyl (C=O) groups is 2. The number of hydrogen-bond acceptors (Lipinski definition) is 2. The van der Waals surface area contributed by atoms with Crippen LogP contribution in [0.1, 0.15) is 17.5 Å². The van der Waals surface area contributed by atoms with Gasteiger partial charge in [0.2, 0.25) is 11.8 Å². The van der Waals surface area contributed by atoms with Gasteiger partial charge in [0.25, 0.3) is 0 Å². The van der Waals surface area contributed by atoms with E-state index in [0.29, 0.717) is 12.2 Å². The van der Waals surface area contributed by atoms with Crippen molar-refractivity contribution in [3.8, 4) is 0 Å². The van der Waals surface area contributed by atoms with Crippen molar-refractivity contribution in [1.29, 1.82) is 0 Å². The third kappa shape index (κ3) is 3.51. The zero-order valence-corrected chi connectivity index (χ0v) is 14.7. The number of carbonyl (C=O) groups excluding carboxylic acids is 2. The Morgan fingerprint density at radius 1 is 1.24 bits per heavy atom. The molecule has 0 saturated carbocycles. The lowest BCUT2D eigenvalue weighted by atomic mass is 10.1. The van der Waals surface area contributed by atoms with Gasteiger partial charge in [0.15, 0.2) is 0 Å². The van der Waals surface area contributed by atoms with Crippen LogP contribution in [-0.2, 0) is 9.59 Å². The molecule has 0 spiro atoms. The van der Waals surface area contributed by atoms with E-state index in [2.05, 4.69) is 5.32 Å². The largest absolute Gasteiger partial charge is 0.326 e. The zero-order chi connectivity index (χ0) is 18.1. The van der Waals surface area contributed by atoms with Crippen molar-refractivity contribution in [3.63, 3.8) is 0 Å². The number of benzene rings is 2. The van der Waals surface area contributed by atoms with Crippen LogP contribution in [0.5, 0.6) is 0 Å². The monoisotopic (exact) mass is 360 g/mol. The molecule has 25 heavy (non-hydrogen) atoms. The van der Waals surface area contributed by atoms with Gasteiger partial charge in [0.1, 0.15) is 5.82 Å². The first-order valence-corrected chi connectivity index (χ1v) is 8.37. The number of anilines is 2. The summed E-state index contributed by atoms with van der Waals surface area (Å²) < 4.78 is 13.2. The molecule has 130 valence electrons. The maximum Gasteiger partial charge on any atom is 0.229 e. The molecule has 0 radical (unpaired) electrons. The summed E-state index contributed by atoms with van der Waals surface area (Å²) in [6, 6.07) is 9.83. The van der Waals surface area contributed by atoms with Crippen molar-refractivity contribution in [2.45, 2.75) is 20.3 Å². The summed E-state index contributed by atoms with van der Waals surface area (Å²) in [6.07, 6.45) is 0.147. The standard InChI is InChI=1S/C19H18ClFN2O2/c1-11-4-3-5-12(2)18(11)23-10-13(8-17(23)24)19(25)22-14-6-7-16(21)15(20)9-14/h3-7,9,13H,8,10H2,1-2H3,(H,22,25). The van der Waals surface area contributed by atoms with Gasteiger partial charge in [-0.05, 0) is 43.2 Å². The highest BCUT2D eigenvalue weighted by atomic mass is 35.5. The number of hydrogen-bond donors (Lipinski definition) is 1. The van der Waals surface area contributed by atoms with E-state index in [9.17, 15) is 14.0 Å². The van der Waals surface area contributed by atoms with Crippen molar-refractivity contribution in [2.75, 3.05) is 16.8 Å². The van der Waals surface area contributed by atoms with Gasteiger partial charge in [-0.1, -0.05) is 29.8 Å². The normalized spacial score (nSPS) is 17.0. The third-order valence-electron chi connectivity index (χ3n) is 4.39. The smallest absolute Gasteiger partial charge is 0.229 e. The molecule has 0 aromatic heterocycles. The van der Waals surface area contributed by atoms with Crippen molar-refractivity contribution < 1.29 is 14.0 Å². The van der Waals surface area contributed by atoms with E-state index in [4.69, 9.17) is 11.6 Å². The molecule has 2 aromatic rings. The van der Waals surface area contributed by atoms with Gasteiger partial charge in [0.05, 0.1) is 10.9 Å². The second-order valence-electron chi connectivity index (χ2n) is 6.26. The third-order valence-corrected chi connectivity index (χ3v) is 4.68. The molecular weight excluding hydrogens is 343 g/mol. The van der Waals surface area contributed by atoms with Crippen LogP contribution in [0.25, 0.3) is 0 Å². The molecular formula is C19H18ClFN2O2. The summed E-state index contributed by atoms with van der Waals surface area (Å²) in [5.41, 5.74) is 3.28. The van der Waals surface area contributed by atoms with Crippen LogP contribution in [0, 0.1) is 25.6 Å². The minimum atomic E-state index is -0.545. The van der Waals surface area contributed by atoms with Crippen molar-refractivity contribution >= 4 is 34.8 Å². The van der Waals surface area contributed by atoms with E-state index in [1.165, 1.54) is 18.2 Å². The van der Waals surface area contributed by atoms with Gasteiger partial charge in [-0.2, -0.15) is 0 Å².